The highest BCUT2D eigenvalue weighted by Crippen LogP contribution is 2.37. The maximum atomic E-state index is 10.8. The largest absolute Gasteiger partial charge is 0.478 e. The Morgan fingerprint density at radius 3 is 2.94 bits per heavy atom. The van der Waals surface area contributed by atoms with Gasteiger partial charge < -0.3 is 16.2 Å². The molecule has 0 heterocycles. The van der Waals surface area contributed by atoms with E-state index in [-0.39, 0.29) is 5.56 Å². The van der Waals surface area contributed by atoms with Crippen LogP contribution in [0.5, 0.6) is 0 Å². The summed E-state index contributed by atoms with van der Waals surface area (Å²) in [6.07, 6.45) is 2.30. The standard InChI is InChI=1S/C12H16N2O2/c1-2-7-5-10(7)14-11-6-8(12(15)16)3-4-9(11)13/h3-4,6-7,10,14H,2,5,13H2,1H3,(H,15,16). The van der Waals surface area contributed by atoms with Crippen molar-refractivity contribution in [2.75, 3.05) is 11.1 Å². The Kier molecular flexibility index (Phi) is 2.73. The number of nitrogens with two attached hydrogens (primary N) is 1. The molecule has 2 atom stereocenters. The lowest BCUT2D eigenvalue weighted by atomic mass is 10.1. The molecule has 0 saturated heterocycles. The lowest BCUT2D eigenvalue weighted by Gasteiger charge is -2.09. The third-order valence-electron chi connectivity index (χ3n) is 3.09. The molecule has 2 unspecified atom stereocenters. The first-order valence-corrected chi connectivity index (χ1v) is 5.51. The summed E-state index contributed by atoms with van der Waals surface area (Å²) in [5.74, 6) is -0.223. The van der Waals surface area contributed by atoms with Crippen molar-refractivity contribution in [3.05, 3.63) is 23.8 Å². The normalized spacial score (nSPS) is 22.8. The molecule has 86 valence electrons. The van der Waals surface area contributed by atoms with Gasteiger partial charge in [0.15, 0.2) is 0 Å². The van der Waals surface area contributed by atoms with E-state index in [1.54, 1.807) is 12.1 Å². The van der Waals surface area contributed by atoms with Crippen molar-refractivity contribution in [3.8, 4) is 0 Å². The Labute approximate surface area is 94.5 Å². The fourth-order valence-corrected chi connectivity index (χ4v) is 1.89. The minimum Gasteiger partial charge on any atom is -0.478 e. The Bertz CT molecular complexity index is 417. The van der Waals surface area contributed by atoms with Crippen LogP contribution in [0.1, 0.15) is 30.1 Å². The smallest absolute Gasteiger partial charge is 0.335 e. The zero-order valence-corrected chi connectivity index (χ0v) is 9.23. The molecule has 1 fully saturated rings. The van der Waals surface area contributed by atoms with Crippen LogP contribution in [0, 0.1) is 5.92 Å². The molecule has 0 aliphatic heterocycles. The van der Waals surface area contributed by atoms with E-state index < -0.39 is 5.97 Å². The molecule has 0 spiro atoms. The quantitative estimate of drug-likeness (QED) is 0.680. The van der Waals surface area contributed by atoms with Crippen LogP contribution in [0.25, 0.3) is 0 Å². The molecule has 4 N–H and O–H groups in total. The van der Waals surface area contributed by atoms with Crippen LogP contribution in [0.4, 0.5) is 11.4 Å². The lowest BCUT2D eigenvalue weighted by Crippen LogP contribution is -2.08. The molecule has 1 aromatic rings. The number of nitrogen functional groups attached to an aromatic ring is 1. The summed E-state index contributed by atoms with van der Waals surface area (Å²) in [5, 5.41) is 12.2. The van der Waals surface area contributed by atoms with Crippen molar-refractivity contribution < 1.29 is 9.90 Å². The van der Waals surface area contributed by atoms with Crippen LogP contribution in [-0.2, 0) is 0 Å². The van der Waals surface area contributed by atoms with Crippen molar-refractivity contribution in [2.24, 2.45) is 5.92 Å². The molecule has 0 aromatic heterocycles. The molecule has 2 rings (SSSR count). The molecular weight excluding hydrogens is 204 g/mol. The SMILES string of the molecule is CCC1CC1Nc1cc(C(=O)O)ccc1N. The number of hydrogen-bond donors (Lipinski definition) is 3. The Hall–Kier alpha value is -1.71. The number of nitrogens with one attached hydrogen (secondary N) is 1. The number of carboxylic acids is 1. The highest BCUT2D eigenvalue weighted by atomic mass is 16.4. The van der Waals surface area contributed by atoms with Gasteiger partial charge in [0.2, 0.25) is 0 Å². The third kappa shape index (κ3) is 2.10. The van der Waals surface area contributed by atoms with Crippen molar-refractivity contribution in [3.63, 3.8) is 0 Å². The Morgan fingerprint density at radius 1 is 1.62 bits per heavy atom. The summed E-state index contributed by atoms with van der Waals surface area (Å²) in [5.41, 5.74) is 7.41. The molecule has 1 aliphatic rings. The van der Waals surface area contributed by atoms with Gasteiger partial charge in [-0.15, -0.1) is 0 Å². The molecule has 0 radical (unpaired) electrons. The van der Waals surface area contributed by atoms with Crippen LogP contribution in [0.15, 0.2) is 18.2 Å². The molecule has 16 heavy (non-hydrogen) atoms. The second-order valence-electron chi connectivity index (χ2n) is 4.26. The summed E-state index contributed by atoms with van der Waals surface area (Å²) in [6.45, 7) is 2.16. The fourth-order valence-electron chi connectivity index (χ4n) is 1.89. The van der Waals surface area contributed by atoms with Crippen LogP contribution < -0.4 is 11.1 Å². The van der Waals surface area contributed by atoms with Gasteiger partial charge in [-0.05, 0) is 30.5 Å². The number of carbonyl (C=O) groups is 1. The predicted molar refractivity (Wildman–Crippen MR) is 63.6 cm³/mol. The molecule has 4 heteroatoms. The molecule has 0 amide bonds. The van der Waals surface area contributed by atoms with Gasteiger partial charge in [-0.1, -0.05) is 13.3 Å². The minimum atomic E-state index is -0.925. The van der Waals surface area contributed by atoms with E-state index in [9.17, 15) is 4.79 Å². The summed E-state index contributed by atoms with van der Waals surface area (Å²) in [4.78, 5) is 10.8. The number of carboxylic acid groups (broad SMARTS) is 1. The number of aromatic carboxylic acids is 1. The van der Waals surface area contributed by atoms with E-state index in [0.717, 1.165) is 18.5 Å². The second kappa shape index (κ2) is 4.04. The van der Waals surface area contributed by atoms with Gasteiger partial charge >= 0.3 is 5.97 Å². The predicted octanol–water partition coefficient (Wildman–Crippen LogP) is 2.18. The number of anilines is 2. The summed E-state index contributed by atoms with van der Waals surface area (Å²) < 4.78 is 0. The van der Waals surface area contributed by atoms with E-state index in [4.69, 9.17) is 10.8 Å². The van der Waals surface area contributed by atoms with Crippen molar-refractivity contribution >= 4 is 17.3 Å². The zero-order valence-electron chi connectivity index (χ0n) is 9.23. The van der Waals surface area contributed by atoms with E-state index in [0.29, 0.717) is 17.6 Å². The second-order valence-corrected chi connectivity index (χ2v) is 4.26. The van der Waals surface area contributed by atoms with Gasteiger partial charge in [0, 0.05) is 6.04 Å². The molecule has 4 nitrogen and oxygen atoms in total. The number of benzene rings is 1. The maximum Gasteiger partial charge on any atom is 0.335 e. The minimum absolute atomic E-state index is 0.269. The Balaban J connectivity index is 2.13. The van der Waals surface area contributed by atoms with E-state index in [1.165, 1.54) is 6.07 Å². The average molecular weight is 220 g/mol. The number of rotatable bonds is 4. The molecule has 1 saturated carbocycles. The molecular formula is C12H16N2O2. The average Bonchev–Trinajstić information content (AvgIpc) is 2.99. The molecule has 1 aromatic carbocycles. The summed E-state index contributed by atoms with van der Waals surface area (Å²) in [7, 11) is 0. The van der Waals surface area contributed by atoms with E-state index >= 15 is 0 Å². The highest BCUT2D eigenvalue weighted by Gasteiger charge is 2.35. The van der Waals surface area contributed by atoms with Crippen LogP contribution in [0.3, 0.4) is 0 Å². The topological polar surface area (TPSA) is 75.3 Å². The van der Waals surface area contributed by atoms with E-state index in [1.807, 2.05) is 0 Å². The van der Waals surface area contributed by atoms with Gasteiger partial charge in [-0.2, -0.15) is 0 Å². The number of hydrogen-bond acceptors (Lipinski definition) is 3. The summed E-state index contributed by atoms with van der Waals surface area (Å²) in [6, 6.07) is 5.21. The zero-order chi connectivity index (χ0) is 11.7. The highest BCUT2D eigenvalue weighted by molar-refractivity contribution is 5.90. The van der Waals surface area contributed by atoms with E-state index in [2.05, 4.69) is 12.2 Å². The monoisotopic (exact) mass is 220 g/mol. The third-order valence-corrected chi connectivity index (χ3v) is 3.09. The van der Waals surface area contributed by atoms with Gasteiger partial charge in [-0.25, -0.2) is 4.79 Å². The van der Waals surface area contributed by atoms with Crippen molar-refractivity contribution in [1.29, 1.82) is 0 Å². The van der Waals surface area contributed by atoms with Crippen molar-refractivity contribution in [2.45, 2.75) is 25.8 Å². The first-order valence-electron chi connectivity index (χ1n) is 5.51. The van der Waals surface area contributed by atoms with Crippen molar-refractivity contribution in [1.82, 2.24) is 0 Å². The van der Waals surface area contributed by atoms with Gasteiger partial charge in [0.05, 0.1) is 16.9 Å². The first kappa shape index (κ1) is 10.8. The van der Waals surface area contributed by atoms with Crippen LogP contribution >= 0.6 is 0 Å². The first-order chi connectivity index (χ1) is 7.61. The fraction of sp³-hybridized carbons (Fsp3) is 0.417. The van der Waals surface area contributed by atoms with Gasteiger partial charge in [0.25, 0.3) is 0 Å². The van der Waals surface area contributed by atoms with Gasteiger partial charge in [0.1, 0.15) is 0 Å². The lowest BCUT2D eigenvalue weighted by molar-refractivity contribution is 0.0697. The Morgan fingerprint density at radius 2 is 2.38 bits per heavy atom. The molecule has 1 aliphatic carbocycles. The molecule has 0 bridgehead atoms. The maximum absolute atomic E-state index is 10.8. The van der Waals surface area contributed by atoms with Gasteiger partial charge in [-0.3, -0.25) is 0 Å². The summed E-state index contributed by atoms with van der Waals surface area (Å²) >= 11 is 0. The van der Waals surface area contributed by atoms with Crippen LogP contribution in [-0.4, -0.2) is 17.1 Å². The van der Waals surface area contributed by atoms with Crippen LogP contribution in [0.2, 0.25) is 0 Å².